The molecule has 5 saturated carbocycles. The van der Waals surface area contributed by atoms with Crippen LogP contribution in [-0.2, 0) is 51.2 Å². The molecule has 23 atom stereocenters. The molecule has 1 spiro atoms. The molecule has 15 nitrogen and oxygen atoms in total. The molecule has 10 fully saturated rings. The highest BCUT2D eigenvalue weighted by Crippen LogP contribution is 2.81. The van der Waals surface area contributed by atoms with Gasteiger partial charge in [0, 0.05) is 59.9 Å². The number of carbonyl (C=O) groups excluding carboxylic acids is 4. The smallest absolute Gasteiger partial charge is 0.341 e. The number of epoxide rings is 2. The summed E-state index contributed by atoms with van der Waals surface area (Å²) in [6.07, 6.45) is 5.77. The number of aliphatic hydroxyl groups is 2. The number of ketones is 1. The molecule has 0 aromatic carbocycles. The molecule has 6 heterocycles. The molecule has 4 N–H and O–H groups in total. The number of esters is 2. The molecule has 67 heavy (non-hydrogen) atoms. The summed E-state index contributed by atoms with van der Waals surface area (Å²) in [6, 6.07) is 0.558. The second kappa shape index (κ2) is 15.7. The maximum Gasteiger partial charge on any atom is 0.341 e. The second-order valence-corrected chi connectivity index (χ2v) is 25.1. The first kappa shape index (κ1) is 46.3. The minimum Gasteiger partial charge on any atom is -0.454 e. The van der Waals surface area contributed by atoms with Gasteiger partial charge >= 0.3 is 11.9 Å². The Labute approximate surface area is 398 Å². The summed E-state index contributed by atoms with van der Waals surface area (Å²) in [7, 11) is 0. The first-order valence-corrected chi connectivity index (χ1v) is 26.7. The number of fused-ring (bicyclic) bond motifs is 10. The summed E-state index contributed by atoms with van der Waals surface area (Å²) < 4.78 is 26.8. The third-order valence-corrected chi connectivity index (χ3v) is 22.8. The van der Waals surface area contributed by atoms with Gasteiger partial charge in [-0.2, -0.15) is 11.8 Å². The maximum atomic E-state index is 15.3. The minimum atomic E-state index is -1.92. The van der Waals surface area contributed by atoms with E-state index in [1.165, 1.54) is 6.92 Å². The van der Waals surface area contributed by atoms with Crippen molar-refractivity contribution in [1.82, 2.24) is 25.6 Å². The lowest BCUT2D eigenvalue weighted by atomic mass is 9.37. The highest BCUT2D eigenvalue weighted by Gasteiger charge is 2.92. The van der Waals surface area contributed by atoms with Crippen LogP contribution >= 0.6 is 11.8 Å². The number of unbranched alkanes of at least 4 members (excludes halogenated alkanes) is 2. The predicted molar refractivity (Wildman–Crippen MR) is 245 cm³/mol. The summed E-state index contributed by atoms with van der Waals surface area (Å²) >= 11 is 2.05. The fourth-order valence-corrected chi connectivity index (χ4v) is 19.1. The molecule has 16 heteroatoms. The predicted octanol–water partition coefficient (Wildman–Crippen LogP) is 4.96. The largest absolute Gasteiger partial charge is 0.454 e. The number of rotatable bonds is 13. The number of hydrogen-bond acceptors (Lipinski definition) is 14. The van der Waals surface area contributed by atoms with Gasteiger partial charge in [0.2, 0.25) is 11.7 Å². The second-order valence-electron chi connectivity index (χ2n) is 23.9. The van der Waals surface area contributed by atoms with Crippen LogP contribution in [0.5, 0.6) is 0 Å². The molecule has 1 amide bonds. The van der Waals surface area contributed by atoms with E-state index in [0.717, 1.165) is 37.1 Å². The Balaban J connectivity index is 0.752. The highest BCUT2D eigenvalue weighted by atomic mass is 32.2. The molecule has 5 aliphatic carbocycles. The van der Waals surface area contributed by atoms with E-state index >= 15 is 4.79 Å². The lowest BCUT2D eigenvalue weighted by Crippen LogP contribution is -2.69. The standard InChI is InChI=1S/C51H73N5O10S/c1-23-18-29-31(53-23)22-67-33(29)14-10-11-15-34(57)52-20-28-21-56(55-54-28)17-13-12-16-35(58)64-44-36-37(47(6)27(5)43-32(63-43)19-30(47)41(44)59)24(2)26(4)48(7)38-25(3)45-51(65-45)49(8,40(38)42(60)39(36)48)50(9,62)46(61)66-51/h21,24-27,29-33,36-40,42-45,53,60,62H,1,10-20,22H2,2-9H3,(H,52,57)/t24-,25+,26+,27+,29+,30-,31+,32+,33+,36-,37+,38+,39-,40+,42-,43-,44-,45-,47+,48-,49+,50-,51+/m1/s1. The number of aliphatic hydroxyl groups excluding tert-OH is 1. The van der Waals surface area contributed by atoms with Crippen LogP contribution in [0.25, 0.3) is 0 Å². The van der Waals surface area contributed by atoms with Crippen molar-refractivity contribution in [1.29, 1.82) is 0 Å². The van der Waals surface area contributed by atoms with E-state index in [2.05, 4.69) is 69.1 Å². The number of allylic oxidation sites excluding steroid dienone is 1. The van der Waals surface area contributed by atoms with E-state index < -0.39 is 75.6 Å². The van der Waals surface area contributed by atoms with Gasteiger partial charge in [-0.15, -0.1) is 5.10 Å². The molecule has 10 aliphatic rings. The number of carbonyl (C=O) groups is 4. The quantitative estimate of drug-likeness (QED) is 0.117. The summed E-state index contributed by atoms with van der Waals surface area (Å²) in [5.74, 6) is -2.84. The summed E-state index contributed by atoms with van der Waals surface area (Å²) in [6.45, 7) is 21.7. The number of nitrogens with zero attached hydrogens (tertiary/aromatic N) is 3. The van der Waals surface area contributed by atoms with E-state index in [-0.39, 0.29) is 71.7 Å². The van der Waals surface area contributed by atoms with E-state index in [9.17, 15) is 24.6 Å². The number of aryl methyl sites for hydroxylation is 1. The Morgan fingerprint density at radius 1 is 1.00 bits per heavy atom. The van der Waals surface area contributed by atoms with Crippen LogP contribution in [0.3, 0.4) is 0 Å². The zero-order chi connectivity index (χ0) is 47.5. The molecule has 1 aromatic heterocycles. The third kappa shape index (κ3) is 6.35. The van der Waals surface area contributed by atoms with Crippen molar-refractivity contribution < 1.29 is 48.3 Å². The van der Waals surface area contributed by atoms with Crippen LogP contribution in [0.4, 0.5) is 0 Å². The van der Waals surface area contributed by atoms with Crippen molar-refractivity contribution in [2.24, 2.45) is 81.3 Å². The van der Waals surface area contributed by atoms with E-state index in [0.29, 0.717) is 61.7 Å². The lowest BCUT2D eigenvalue weighted by molar-refractivity contribution is -0.226. The number of amides is 1. The third-order valence-electron chi connectivity index (χ3n) is 21.3. The lowest BCUT2D eigenvalue weighted by Gasteiger charge is -2.66. The van der Waals surface area contributed by atoms with Gasteiger partial charge in [0.15, 0.2) is 17.5 Å². The topological polar surface area (TPSA) is 207 Å². The Bertz CT molecular complexity index is 2240. The number of nitrogens with one attached hydrogen (secondary N) is 2. The molecule has 5 saturated heterocycles. The molecule has 1 aromatic rings. The molecular weight excluding hydrogens is 875 g/mol. The summed E-state index contributed by atoms with van der Waals surface area (Å²) in [5, 5.41) is 40.9. The molecule has 368 valence electrons. The number of Topliss-reactive ketones (excluding diaryl/α,β-unsaturated/α-hetero) is 1. The normalized spacial score (nSPS) is 51.5. The van der Waals surface area contributed by atoms with Gasteiger partial charge in [0.1, 0.15) is 11.8 Å². The zero-order valence-electron chi connectivity index (χ0n) is 40.6. The molecule has 0 unspecified atom stereocenters. The van der Waals surface area contributed by atoms with Crippen LogP contribution < -0.4 is 10.6 Å². The molecule has 0 radical (unpaired) electrons. The molecule has 11 rings (SSSR count). The van der Waals surface area contributed by atoms with Crippen LogP contribution in [0, 0.1) is 81.3 Å². The van der Waals surface area contributed by atoms with Gasteiger partial charge in [0.05, 0.1) is 36.5 Å². The van der Waals surface area contributed by atoms with Crippen LogP contribution in [-0.4, -0.2) is 108 Å². The van der Waals surface area contributed by atoms with Crippen molar-refractivity contribution in [2.45, 2.75) is 179 Å². The first-order valence-electron chi connectivity index (χ1n) is 25.6. The zero-order valence-corrected chi connectivity index (χ0v) is 41.4. The SMILES string of the molecule is C=C1C[C@H]2[C@H](CS[C@H]2CCCCC(=O)NCc2cn(CCCCC(=O)O[C@H]3C(=O)[C@H]4C[C@@H]5O[C@@H]5[C@H](C)[C@]4(C)[C@H]4[C@H](C)[C@H](C)[C@@]5(C)[C@@H]([C@@H](O)[C@@H]6[C@@H]5[C@H](C)[C@H]5O[C@]57OC(=O)[C@@](C)(O)[C@]67C)[C@@H]43)nn2)N1. The van der Waals surface area contributed by atoms with Gasteiger partial charge < -0.3 is 39.8 Å². The number of thioether (sulfide) groups is 1. The average molecular weight is 948 g/mol. The van der Waals surface area contributed by atoms with Crippen molar-refractivity contribution in [3.63, 3.8) is 0 Å². The van der Waals surface area contributed by atoms with Crippen molar-refractivity contribution in [2.75, 3.05) is 5.75 Å². The monoisotopic (exact) mass is 948 g/mol. The average Bonchev–Trinajstić information content (AvgIpc) is 3.99. The fourth-order valence-electron chi connectivity index (χ4n) is 17.5. The number of hydrogen-bond donors (Lipinski definition) is 4. The summed E-state index contributed by atoms with van der Waals surface area (Å²) in [4.78, 5) is 55.5. The molecule has 0 bridgehead atoms. The van der Waals surface area contributed by atoms with Crippen molar-refractivity contribution >= 4 is 35.4 Å². The maximum absolute atomic E-state index is 15.3. The van der Waals surface area contributed by atoms with Gasteiger partial charge in [-0.05, 0) is 111 Å². The van der Waals surface area contributed by atoms with E-state index in [1.54, 1.807) is 4.68 Å². The molecule has 5 aliphatic heterocycles. The Morgan fingerprint density at radius 3 is 2.54 bits per heavy atom. The van der Waals surface area contributed by atoms with Gasteiger partial charge in [-0.25, -0.2) is 4.79 Å². The highest BCUT2D eigenvalue weighted by molar-refractivity contribution is 8.00. The Morgan fingerprint density at radius 2 is 1.76 bits per heavy atom. The number of ether oxygens (including phenoxy) is 4. The number of aromatic nitrogens is 3. The van der Waals surface area contributed by atoms with Gasteiger partial charge in [-0.1, -0.05) is 59.8 Å². The van der Waals surface area contributed by atoms with Crippen LogP contribution in [0.15, 0.2) is 18.5 Å². The van der Waals surface area contributed by atoms with Crippen molar-refractivity contribution in [3.05, 3.63) is 24.2 Å². The minimum absolute atomic E-state index is 0.00956. The van der Waals surface area contributed by atoms with Gasteiger partial charge in [0.25, 0.3) is 0 Å². The molecular formula is C51H73N5O10S. The van der Waals surface area contributed by atoms with E-state index in [1.807, 2.05) is 24.9 Å². The summed E-state index contributed by atoms with van der Waals surface area (Å²) in [5.41, 5.74) is -2.39. The Kier molecular flexibility index (Phi) is 10.9. The van der Waals surface area contributed by atoms with Crippen LogP contribution in [0.2, 0.25) is 0 Å². The fraction of sp³-hybridized carbons (Fsp3) is 0.843. The van der Waals surface area contributed by atoms with Crippen molar-refractivity contribution in [3.8, 4) is 0 Å². The van der Waals surface area contributed by atoms with Gasteiger partial charge in [-0.3, -0.25) is 19.1 Å². The first-order chi connectivity index (χ1) is 31.7. The van der Waals surface area contributed by atoms with Crippen LogP contribution in [0.1, 0.15) is 119 Å². The Hall–Kier alpha value is -3.05. The van der Waals surface area contributed by atoms with E-state index in [4.69, 9.17) is 18.9 Å².